The normalized spacial score (nSPS) is 11.0. The second kappa shape index (κ2) is 10.4. The summed E-state index contributed by atoms with van der Waals surface area (Å²) in [6, 6.07) is 18.6. The number of nitriles is 1. The molecule has 0 unspecified atom stereocenters. The Bertz CT molecular complexity index is 1110. The molecule has 31 heavy (non-hydrogen) atoms. The maximum atomic E-state index is 12.5. The lowest BCUT2D eigenvalue weighted by Crippen LogP contribution is -2.23. The number of rotatable bonds is 7. The first kappa shape index (κ1) is 22.1. The summed E-state index contributed by atoms with van der Waals surface area (Å²) < 4.78 is 5.95. The maximum absolute atomic E-state index is 12.5. The number of amides is 1. The van der Waals surface area contributed by atoms with Crippen molar-refractivity contribution in [2.24, 2.45) is 0 Å². The molecule has 0 saturated heterocycles. The van der Waals surface area contributed by atoms with E-state index in [4.69, 9.17) is 16.3 Å². The van der Waals surface area contributed by atoms with Gasteiger partial charge in [0, 0.05) is 17.8 Å². The minimum atomic E-state index is -0.428. The van der Waals surface area contributed by atoms with Crippen LogP contribution < -0.4 is 10.1 Å². The molecule has 3 rings (SSSR count). The van der Waals surface area contributed by atoms with Crippen LogP contribution in [0.5, 0.6) is 5.75 Å². The molecule has 1 N–H and O–H groups in total. The summed E-state index contributed by atoms with van der Waals surface area (Å²) in [6.45, 7) is 4.55. The van der Waals surface area contributed by atoms with Crippen molar-refractivity contribution in [1.82, 2.24) is 10.3 Å². The predicted molar refractivity (Wildman–Crippen MR) is 121 cm³/mol. The molecule has 0 aliphatic carbocycles. The van der Waals surface area contributed by atoms with Crippen molar-refractivity contribution >= 4 is 23.6 Å². The van der Waals surface area contributed by atoms with Crippen LogP contribution in [0.3, 0.4) is 0 Å². The van der Waals surface area contributed by atoms with E-state index in [1.807, 2.05) is 62.4 Å². The average Bonchev–Trinajstić information content (AvgIpc) is 2.77. The van der Waals surface area contributed by atoms with Crippen LogP contribution in [-0.4, -0.2) is 10.9 Å². The molecular weight excluding hydrogens is 410 g/mol. The smallest absolute Gasteiger partial charge is 0.262 e. The Balaban J connectivity index is 1.70. The maximum Gasteiger partial charge on any atom is 0.262 e. The van der Waals surface area contributed by atoms with Gasteiger partial charge in [0.15, 0.2) is 0 Å². The molecule has 1 aromatic heterocycles. The molecule has 0 atom stereocenters. The van der Waals surface area contributed by atoms with Gasteiger partial charge in [-0.2, -0.15) is 5.26 Å². The molecule has 0 radical (unpaired) electrons. The number of carbonyl (C=O) groups excluding carboxylic acids is 1. The lowest BCUT2D eigenvalue weighted by molar-refractivity contribution is -0.117. The molecule has 0 aliphatic rings. The van der Waals surface area contributed by atoms with Gasteiger partial charge in [-0.3, -0.25) is 9.78 Å². The van der Waals surface area contributed by atoms with E-state index in [2.05, 4.69) is 10.3 Å². The fourth-order valence-corrected chi connectivity index (χ4v) is 3.25. The summed E-state index contributed by atoms with van der Waals surface area (Å²) in [7, 11) is 0. The zero-order valence-corrected chi connectivity index (χ0v) is 18.1. The first-order chi connectivity index (χ1) is 15.0. The molecule has 0 bridgehead atoms. The van der Waals surface area contributed by atoms with Gasteiger partial charge in [0.25, 0.3) is 5.91 Å². The molecule has 1 heterocycles. The Kier molecular flexibility index (Phi) is 7.42. The Morgan fingerprint density at radius 2 is 1.87 bits per heavy atom. The molecule has 0 saturated carbocycles. The molecule has 0 spiro atoms. The van der Waals surface area contributed by atoms with Gasteiger partial charge in [0.2, 0.25) is 0 Å². The molecule has 2 aromatic carbocycles. The number of benzene rings is 2. The molecule has 5 nitrogen and oxygen atoms in total. The molecule has 6 heteroatoms. The van der Waals surface area contributed by atoms with Gasteiger partial charge in [-0.25, -0.2) is 0 Å². The fraction of sp³-hybridized carbons (Fsp3) is 0.160. The highest BCUT2D eigenvalue weighted by atomic mass is 35.5. The first-order valence-electron chi connectivity index (χ1n) is 9.74. The van der Waals surface area contributed by atoms with E-state index < -0.39 is 5.91 Å². The summed E-state index contributed by atoms with van der Waals surface area (Å²) in [4.78, 5) is 16.7. The van der Waals surface area contributed by atoms with Crippen LogP contribution in [0.4, 0.5) is 0 Å². The summed E-state index contributed by atoms with van der Waals surface area (Å²) in [6.07, 6.45) is 3.31. The third kappa shape index (κ3) is 6.18. The van der Waals surface area contributed by atoms with Crippen molar-refractivity contribution in [2.45, 2.75) is 27.0 Å². The molecule has 156 valence electrons. The summed E-state index contributed by atoms with van der Waals surface area (Å²) in [5.41, 5.74) is 4.38. The molecule has 0 aliphatic heterocycles. The van der Waals surface area contributed by atoms with E-state index in [1.165, 1.54) is 0 Å². The van der Waals surface area contributed by atoms with Crippen molar-refractivity contribution in [3.8, 4) is 11.8 Å². The van der Waals surface area contributed by atoms with Crippen molar-refractivity contribution < 1.29 is 9.53 Å². The van der Waals surface area contributed by atoms with E-state index in [0.29, 0.717) is 18.2 Å². The van der Waals surface area contributed by atoms with Crippen molar-refractivity contribution in [3.63, 3.8) is 0 Å². The van der Waals surface area contributed by atoms with Crippen molar-refractivity contribution in [2.75, 3.05) is 0 Å². The Morgan fingerprint density at radius 1 is 1.16 bits per heavy atom. The van der Waals surface area contributed by atoms with Crippen LogP contribution in [0.15, 0.2) is 66.4 Å². The number of nitrogens with one attached hydrogen (secondary N) is 1. The van der Waals surface area contributed by atoms with E-state index >= 15 is 0 Å². The quantitative estimate of drug-likeness (QED) is 0.414. The Labute approximate surface area is 187 Å². The van der Waals surface area contributed by atoms with Crippen LogP contribution in [0.1, 0.15) is 27.9 Å². The van der Waals surface area contributed by atoms with Gasteiger partial charge >= 0.3 is 0 Å². The lowest BCUT2D eigenvalue weighted by atomic mass is 10.0. The second-order valence-corrected chi connectivity index (χ2v) is 7.51. The van der Waals surface area contributed by atoms with Gasteiger partial charge < -0.3 is 10.1 Å². The topological polar surface area (TPSA) is 75.0 Å². The molecule has 3 aromatic rings. The second-order valence-electron chi connectivity index (χ2n) is 7.07. The highest BCUT2D eigenvalue weighted by molar-refractivity contribution is 6.30. The van der Waals surface area contributed by atoms with E-state index in [-0.39, 0.29) is 5.57 Å². The number of hydrogen-bond donors (Lipinski definition) is 1. The number of hydrogen-bond acceptors (Lipinski definition) is 4. The van der Waals surface area contributed by atoms with Gasteiger partial charge in [-0.1, -0.05) is 29.8 Å². The van der Waals surface area contributed by atoms with Gasteiger partial charge in [0.1, 0.15) is 24.0 Å². The van der Waals surface area contributed by atoms with Crippen molar-refractivity contribution in [1.29, 1.82) is 5.26 Å². The fourth-order valence-electron chi connectivity index (χ4n) is 3.12. The van der Waals surface area contributed by atoms with E-state index in [1.54, 1.807) is 24.4 Å². The standard InChI is InChI=1S/C25H22ClN3O2/c1-17-11-20(12-18(2)24(17)31-16-23-5-3-4-10-28-23)13-21(14-27)25(30)29-15-19-6-8-22(26)9-7-19/h3-13H,15-16H2,1-2H3,(H,29,30)/b21-13+. The van der Waals surface area contributed by atoms with Crippen LogP contribution in [0, 0.1) is 25.2 Å². The summed E-state index contributed by atoms with van der Waals surface area (Å²) in [5, 5.41) is 12.9. The number of carbonyl (C=O) groups is 1. The third-order valence-corrected chi connectivity index (χ3v) is 4.87. The molecule has 1 amide bonds. The van der Waals surface area contributed by atoms with E-state index in [9.17, 15) is 10.1 Å². The Morgan fingerprint density at radius 3 is 2.48 bits per heavy atom. The number of pyridine rings is 1. The number of aromatic nitrogens is 1. The monoisotopic (exact) mass is 431 g/mol. The van der Waals surface area contributed by atoms with Crippen molar-refractivity contribution in [3.05, 3.63) is 99.3 Å². The SMILES string of the molecule is Cc1cc(/C=C(\C#N)C(=O)NCc2ccc(Cl)cc2)cc(C)c1OCc1ccccn1. The third-order valence-electron chi connectivity index (χ3n) is 4.62. The lowest BCUT2D eigenvalue weighted by Gasteiger charge is -2.13. The number of halogens is 1. The van der Waals surface area contributed by atoms with Crippen LogP contribution in [-0.2, 0) is 17.9 Å². The van der Waals surface area contributed by atoms with Gasteiger partial charge in [0.05, 0.1) is 5.69 Å². The summed E-state index contributed by atoms with van der Waals surface area (Å²) in [5.74, 6) is 0.344. The zero-order chi connectivity index (χ0) is 22.2. The van der Waals surface area contributed by atoms with Crippen LogP contribution >= 0.6 is 11.6 Å². The highest BCUT2D eigenvalue weighted by Crippen LogP contribution is 2.26. The van der Waals surface area contributed by atoms with Gasteiger partial charge in [-0.15, -0.1) is 0 Å². The van der Waals surface area contributed by atoms with Crippen LogP contribution in [0.25, 0.3) is 6.08 Å². The minimum Gasteiger partial charge on any atom is -0.487 e. The summed E-state index contributed by atoms with van der Waals surface area (Å²) >= 11 is 5.87. The number of ether oxygens (including phenoxy) is 1. The largest absolute Gasteiger partial charge is 0.487 e. The first-order valence-corrected chi connectivity index (χ1v) is 10.1. The average molecular weight is 432 g/mol. The van der Waals surface area contributed by atoms with Crippen LogP contribution in [0.2, 0.25) is 5.02 Å². The molecule has 0 fully saturated rings. The number of aryl methyl sites for hydroxylation is 2. The zero-order valence-electron chi connectivity index (χ0n) is 17.4. The minimum absolute atomic E-state index is 0.0370. The number of nitrogens with zero attached hydrogens (tertiary/aromatic N) is 2. The molecular formula is C25H22ClN3O2. The van der Waals surface area contributed by atoms with E-state index in [0.717, 1.165) is 33.7 Å². The highest BCUT2D eigenvalue weighted by Gasteiger charge is 2.11. The van der Waals surface area contributed by atoms with Gasteiger partial charge in [-0.05, 0) is 78.6 Å². The predicted octanol–water partition coefficient (Wildman–Crippen LogP) is 5.15. The Hall–Kier alpha value is -3.62.